The highest BCUT2D eigenvalue weighted by atomic mass is 16.4. The molecule has 0 aromatic heterocycles. The van der Waals surface area contributed by atoms with Gasteiger partial charge in [0.15, 0.2) is 0 Å². The van der Waals surface area contributed by atoms with Gasteiger partial charge >= 0.3 is 5.97 Å². The van der Waals surface area contributed by atoms with Gasteiger partial charge in [-0.3, -0.25) is 14.4 Å². The lowest BCUT2D eigenvalue weighted by Crippen LogP contribution is -2.58. The maximum absolute atomic E-state index is 12.7. The van der Waals surface area contributed by atoms with Gasteiger partial charge in [0.05, 0.1) is 6.61 Å². The Morgan fingerprint density at radius 1 is 0.966 bits per heavy atom. The molecule has 0 rings (SSSR count). The minimum absolute atomic E-state index is 0.227. The first kappa shape index (κ1) is 26.8. The van der Waals surface area contributed by atoms with Crippen molar-refractivity contribution in [3.63, 3.8) is 0 Å². The number of aliphatic hydroxyl groups excluding tert-OH is 1. The smallest absolute Gasteiger partial charge is 0.326 e. The summed E-state index contributed by atoms with van der Waals surface area (Å²) >= 11 is 0. The second-order valence-electron chi connectivity index (χ2n) is 7.08. The van der Waals surface area contributed by atoms with Crippen molar-refractivity contribution in [2.75, 3.05) is 13.2 Å². The number of rotatable bonds is 14. The number of nitrogens with two attached hydrogens (primary N) is 2. The molecule has 0 saturated carbocycles. The largest absolute Gasteiger partial charge is 0.480 e. The summed E-state index contributed by atoms with van der Waals surface area (Å²) in [5.74, 6) is -3.38. The number of hydrogen-bond acceptors (Lipinski definition) is 7. The van der Waals surface area contributed by atoms with Gasteiger partial charge in [-0.1, -0.05) is 20.3 Å². The van der Waals surface area contributed by atoms with Crippen LogP contribution in [0.2, 0.25) is 0 Å². The van der Waals surface area contributed by atoms with Crippen LogP contribution in [0.1, 0.15) is 46.5 Å². The molecule has 0 spiro atoms. The lowest BCUT2D eigenvalue weighted by molar-refractivity contribution is -0.143. The van der Waals surface area contributed by atoms with Crippen molar-refractivity contribution in [1.82, 2.24) is 16.0 Å². The average molecular weight is 418 g/mol. The third-order valence-electron chi connectivity index (χ3n) is 4.64. The SMILES string of the molecule is CCC(C)C(NC(=O)C(C)NC(=O)C(N)CO)C(=O)NC(CCCCN)C(=O)O. The van der Waals surface area contributed by atoms with Crippen LogP contribution < -0.4 is 27.4 Å². The number of unbranched alkanes of at least 4 members (excludes halogenated alkanes) is 1. The summed E-state index contributed by atoms with van der Waals surface area (Å²) in [6.45, 7) is 4.85. The summed E-state index contributed by atoms with van der Waals surface area (Å²) in [6.07, 6.45) is 1.96. The summed E-state index contributed by atoms with van der Waals surface area (Å²) in [6, 6.07) is -4.23. The fraction of sp³-hybridized carbons (Fsp3) is 0.778. The van der Waals surface area contributed by atoms with E-state index in [4.69, 9.17) is 16.6 Å². The number of amides is 3. The minimum Gasteiger partial charge on any atom is -0.480 e. The fourth-order valence-electron chi connectivity index (χ4n) is 2.46. The zero-order valence-corrected chi connectivity index (χ0v) is 17.3. The molecule has 0 radical (unpaired) electrons. The zero-order valence-electron chi connectivity index (χ0n) is 17.3. The van der Waals surface area contributed by atoms with E-state index in [1.165, 1.54) is 6.92 Å². The van der Waals surface area contributed by atoms with E-state index < -0.39 is 54.5 Å². The number of aliphatic carboxylic acids is 1. The summed E-state index contributed by atoms with van der Waals surface area (Å²) in [4.78, 5) is 48.2. The van der Waals surface area contributed by atoms with Crippen molar-refractivity contribution in [3.05, 3.63) is 0 Å². The Labute approximate surface area is 171 Å². The van der Waals surface area contributed by atoms with Crippen LogP contribution in [0.15, 0.2) is 0 Å². The van der Waals surface area contributed by atoms with E-state index in [1.54, 1.807) is 6.92 Å². The second-order valence-corrected chi connectivity index (χ2v) is 7.08. The van der Waals surface area contributed by atoms with Crippen LogP contribution in [-0.2, 0) is 19.2 Å². The number of carboxylic acid groups (broad SMARTS) is 1. The zero-order chi connectivity index (χ0) is 22.6. The first-order valence-electron chi connectivity index (χ1n) is 9.79. The molecule has 168 valence electrons. The molecule has 5 unspecified atom stereocenters. The van der Waals surface area contributed by atoms with Crippen LogP contribution in [-0.4, -0.2) is 71.2 Å². The normalized spacial score (nSPS) is 16.1. The quantitative estimate of drug-likeness (QED) is 0.158. The maximum atomic E-state index is 12.7. The Morgan fingerprint density at radius 3 is 2.07 bits per heavy atom. The van der Waals surface area contributed by atoms with Crippen molar-refractivity contribution in [2.45, 2.75) is 70.6 Å². The van der Waals surface area contributed by atoms with Crippen molar-refractivity contribution in [3.8, 4) is 0 Å². The molecule has 0 fully saturated rings. The van der Waals surface area contributed by atoms with Gasteiger partial charge < -0.3 is 37.6 Å². The molecular formula is C18H35N5O6. The predicted octanol–water partition coefficient (Wildman–Crippen LogP) is -1.96. The molecule has 0 aromatic rings. The molecular weight excluding hydrogens is 382 g/mol. The van der Waals surface area contributed by atoms with Crippen molar-refractivity contribution >= 4 is 23.7 Å². The Bertz CT molecular complexity index is 559. The lowest BCUT2D eigenvalue weighted by atomic mass is 9.97. The highest BCUT2D eigenvalue weighted by molar-refractivity contribution is 5.94. The summed E-state index contributed by atoms with van der Waals surface area (Å²) < 4.78 is 0. The van der Waals surface area contributed by atoms with Gasteiger partial charge in [0.25, 0.3) is 0 Å². The van der Waals surface area contributed by atoms with Gasteiger partial charge in [0.1, 0.15) is 24.2 Å². The van der Waals surface area contributed by atoms with E-state index in [-0.39, 0.29) is 12.3 Å². The van der Waals surface area contributed by atoms with Gasteiger partial charge in [-0.25, -0.2) is 4.79 Å². The second kappa shape index (κ2) is 13.9. The van der Waals surface area contributed by atoms with E-state index in [0.717, 1.165) is 0 Å². The molecule has 11 nitrogen and oxygen atoms in total. The fourth-order valence-corrected chi connectivity index (χ4v) is 2.46. The van der Waals surface area contributed by atoms with Crippen LogP contribution in [0, 0.1) is 5.92 Å². The van der Waals surface area contributed by atoms with Crippen LogP contribution in [0.3, 0.4) is 0 Å². The molecule has 5 atom stereocenters. The summed E-state index contributed by atoms with van der Waals surface area (Å²) in [5.41, 5.74) is 10.8. The third kappa shape index (κ3) is 9.68. The van der Waals surface area contributed by atoms with E-state index in [2.05, 4.69) is 16.0 Å². The molecule has 0 bridgehead atoms. The van der Waals surface area contributed by atoms with E-state index in [9.17, 15) is 24.3 Å². The number of carbonyl (C=O) groups is 4. The molecule has 0 aromatic carbocycles. The van der Waals surface area contributed by atoms with Gasteiger partial charge in [-0.2, -0.15) is 0 Å². The minimum atomic E-state index is -1.16. The molecule has 0 aliphatic carbocycles. The van der Waals surface area contributed by atoms with Gasteiger partial charge in [0, 0.05) is 0 Å². The Kier molecular flexibility index (Phi) is 12.8. The molecule has 0 saturated heterocycles. The average Bonchev–Trinajstić information content (AvgIpc) is 2.69. The topological polar surface area (TPSA) is 197 Å². The highest BCUT2D eigenvalue weighted by Gasteiger charge is 2.31. The Balaban J connectivity index is 5.09. The first-order chi connectivity index (χ1) is 13.6. The molecule has 0 aliphatic heterocycles. The number of nitrogens with one attached hydrogen (secondary N) is 3. The summed E-state index contributed by atoms with van der Waals surface area (Å²) in [5, 5.41) is 25.6. The van der Waals surface area contributed by atoms with E-state index >= 15 is 0 Å². The lowest BCUT2D eigenvalue weighted by Gasteiger charge is -2.27. The van der Waals surface area contributed by atoms with E-state index in [1.807, 2.05) is 6.92 Å². The Hall–Kier alpha value is -2.24. The highest BCUT2D eigenvalue weighted by Crippen LogP contribution is 2.10. The van der Waals surface area contributed by atoms with E-state index in [0.29, 0.717) is 25.8 Å². The Morgan fingerprint density at radius 2 is 1.59 bits per heavy atom. The molecule has 11 heteroatoms. The van der Waals surface area contributed by atoms with Crippen LogP contribution in [0.25, 0.3) is 0 Å². The number of aliphatic hydroxyl groups is 1. The van der Waals surface area contributed by atoms with Crippen LogP contribution >= 0.6 is 0 Å². The maximum Gasteiger partial charge on any atom is 0.326 e. The third-order valence-corrected chi connectivity index (χ3v) is 4.64. The molecule has 0 aliphatic rings. The van der Waals surface area contributed by atoms with Crippen LogP contribution in [0.4, 0.5) is 0 Å². The van der Waals surface area contributed by atoms with Crippen LogP contribution in [0.5, 0.6) is 0 Å². The number of carboxylic acids is 1. The number of carbonyl (C=O) groups excluding carboxylic acids is 3. The summed E-state index contributed by atoms with van der Waals surface area (Å²) in [7, 11) is 0. The molecule has 29 heavy (non-hydrogen) atoms. The molecule has 3 amide bonds. The first-order valence-corrected chi connectivity index (χ1v) is 9.79. The van der Waals surface area contributed by atoms with Crippen molar-refractivity contribution in [1.29, 1.82) is 0 Å². The molecule has 0 heterocycles. The van der Waals surface area contributed by atoms with Crippen molar-refractivity contribution < 1.29 is 29.4 Å². The van der Waals surface area contributed by atoms with Gasteiger partial charge in [-0.15, -0.1) is 0 Å². The molecule has 9 N–H and O–H groups in total. The standard InChI is InChI=1S/C18H35N5O6/c1-4-10(2)14(17(27)22-13(18(28)29)7-5-6-8-19)23-15(25)11(3)21-16(26)12(20)9-24/h10-14,24H,4-9,19-20H2,1-3H3,(H,21,26)(H,22,27)(H,23,25)(H,28,29). The monoisotopic (exact) mass is 417 g/mol. The number of hydrogen-bond donors (Lipinski definition) is 7. The van der Waals surface area contributed by atoms with Gasteiger partial charge in [0.2, 0.25) is 17.7 Å². The predicted molar refractivity (Wildman–Crippen MR) is 107 cm³/mol. The van der Waals surface area contributed by atoms with Crippen molar-refractivity contribution in [2.24, 2.45) is 17.4 Å². The van der Waals surface area contributed by atoms with Gasteiger partial charge in [-0.05, 0) is 38.6 Å².